The van der Waals surface area contributed by atoms with Crippen LogP contribution in [-0.4, -0.2) is 16.1 Å². The molecule has 0 unspecified atom stereocenters. The van der Waals surface area contributed by atoms with Gasteiger partial charge in [0.25, 0.3) is 5.91 Å². The Morgan fingerprint density at radius 1 is 1.41 bits per heavy atom. The molecule has 0 saturated heterocycles. The number of H-pyrrole nitrogens is 1. The standard InChI is InChI=1S/C12H12IN3O/c1-2-8-3-5-9(6-4-8)15-12(17)11-10(13)7-14-16-11/h3-7H,2H2,1H3,(H,14,16)(H,15,17). The van der Waals surface area contributed by atoms with Crippen LogP contribution < -0.4 is 5.32 Å². The summed E-state index contributed by atoms with van der Waals surface area (Å²) in [5, 5.41) is 9.32. The molecule has 1 heterocycles. The van der Waals surface area contributed by atoms with Gasteiger partial charge in [0.15, 0.2) is 0 Å². The molecule has 0 fully saturated rings. The maximum atomic E-state index is 11.9. The average molecular weight is 341 g/mol. The van der Waals surface area contributed by atoms with Gasteiger partial charge < -0.3 is 5.32 Å². The molecule has 5 heteroatoms. The molecule has 0 spiro atoms. The summed E-state index contributed by atoms with van der Waals surface area (Å²) in [6, 6.07) is 7.82. The van der Waals surface area contributed by atoms with Crippen molar-refractivity contribution < 1.29 is 4.79 Å². The van der Waals surface area contributed by atoms with Crippen LogP contribution in [-0.2, 0) is 6.42 Å². The van der Waals surface area contributed by atoms with Gasteiger partial charge in [-0.2, -0.15) is 5.10 Å². The number of carbonyl (C=O) groups excluding carboxylic acids is 1. The van der Waals surface area contributed by atoms with Crippen molar-refractivity contribution in [1.82, 2.24) is 10.2 Å². The Labute approximate surface area is 113 Å². The number of nitrogens with one attached hydrogen (secondary N) is 2. The molecule has 1 aromatic heterocycles. The van der Waals surface area contributed by atoms with Gasteiger partial charge in [-0.15, -0.1) is 0 Å². The number of amides is 1. The van der Waals surface area contributed by atoms with Crippen LogP contribution in [0.5, 0.6) is 0 Å². The molecule has 1 aromatic carbocycles. The first-order valence-electron chi connectivity index (χ1n) is 5.30. The van der Waals surface area contributed by atoms with E-state index in [-0.39, 0.29) is 5.91 Å². The van der Waals surface area contributed by atoms with Gasteiger partial charge in [-0.25, -0.2) is 0 Å². The second-order valence-corrected chi connectivity index (χ2v) is 4.76. The van der Waals surface area contributed by atoms with Crippen molar-refractivity contribution in [2.45, 2.75) is 13.3 Å². The Morgan fingerprint density at radius 2 is 2.12 bits per heavy atom. The zero-order valence-electron chi connectivity index (χ0n) is 9.33. The monoisotopic (exact) mass is 341 g/mol. The second-order valence-electron chi connectivity index (χ2n) is 3.60. The van der Waals surface area contributed by atoms with Gasteiger partial charge in [-0.3, -0.25) is 9.89 Å². The van der Waals surface area contributed by atoms with Crippen LogP contribution >= 0.6 is 22.6 Å². The van der Waals surface area contributed by atoms with Gasteiger partial charge in [0.2, 0.25) is 0 Å². The summed E-state index contributed by atoms with van der Waals surface area (Å²) in [5.41, 5.74) is 2.53. The molecule has 2 N–H and O–H groups in total. The molecule has 0 aliphatic heterocycles. The van der Waals surface area contributed by atoms with E-state index in [4.69, 9.17) is 0 Å². The van der Waals surface area contributed by atoms with Crippen LogP contribution in [0.3, 0.4) is 0 Å². The van der Waals surface area contributed by atoms with E-state index in [1.54, 1.807) is 6.20 Å². The molecule has 0 aliphatic carbocycles. The molecule has 0 saturated carbocycles. The number of halogens is 1. The summed E-state index contributed by atoms with van der Waals surface area (Å²) in [7, 11) is 0. The van der Waals surface area contributed by atoms with E-state index in [0.717, 1.165) is 15.7 Å². The van der Waals surface area contributed by atoms with E-state index in [0.29, 0.717) is 5.69 Å². The Hall–Kier alpha value is -1.37. The van der Waals surface area contributed by atoms with Crippen molar-refractivity contribution in [1.29, 1.82) is 0 Å². The summed E-state index contributed by atoms with van der Waals surface area (Å²) in [5.74, 6) is -0.170. The smallest absolute Gasteiger partial charge is 0.274 e. The molecule has 0 radical (unpaired) electrons. The summed E-state index contributed by atoms with van der Waals surface area (Å²) >= 11 is 2.07. The Balaban J connectivity index is 2.10. The summed E-state index contributed by atoms with van der Waals surface area (Å²) in [6.45, 7) is 2.10. The SMILES string of the molecule is CCc1ccc(NC(=O)c2[nH]ncc2I)cc1. The van der Waals surface area contributed by atoms with Gasteiger partial charge in [-0.1, -0.05) is 19.1 Å². The van der Waals surface area contributed by atoms with Crippen molar-refractivity contribution in [3.8, 4) is 0 Å². The van der Waals surface area contributed by atoms with E-state index in [1.807, 2.05) is 24.3 Å². The average Bonchev–Trinajstić information content (AvgIpc) is 2.76. The van der Waals surface area contributed by atoms with Crippen LogP contribution in [0.1, 0.15) is 23.0 Å². The van der Waals surface area contributed by atoms with Crippen molar-refractivity contribution in [3.63, 3.8) is 0 Å². The van der Waals surface area contributed by atoms with Crippen LogP contribution in [0, 0.1) is 3.57 Å². The number of aromatic nitrogens is 2. The number of rotatable bonds is 3. The number of aromatic amines is 1. The highest BCUT2D eigenvalue weighted by molar-refractivity contribution is 14.1. The molecule has 2 rings (SSSR count). The number of anilines is 1. The van der Waals surface area contributed by atoms with E-state index in [1.165, 1.54) is 5.56 Å². The number of carbonyl (C=O) groups is 1. The number of hydrogen-bond donors (Lipinski definition) is 2. The summed E-state index contributed by atoms with van der Waals surface area (Å²) in [6.07, 6.45) is 2.61. The topological polar surface area (TPSA) is 57.8 Å². The number of hydrogen-bond acceptors (Lipinski definition) is 2. The molecule has 0 atom stereocenters. The van der Waals surface area contributed by atoms with E-state index >= 15 is 0 Å². The van der Waals surface area contributed by atoms with Crippen molar-refractivity contribution >= 4 is 34.2 Å². The van der Waals surface area contributed by atoms with Crippen LogP contribution in [0.4, 0.5) is 5.69 Å². The van der Waals surface area contributed by atoms with Gasteiger partial charge in [0, 0.05) is 5.69 Å². The zero-order chi connectivity index (χ0) is 12.3. The Bertz CT molecular complexity index is 519. The Morgan fingerprint density at radius 3 is 2.65 bits per heavy atom. The number of benzene rings is 1. The number of aryl methyl sites for hydroxylation is 1. The largest absolute Gasteiger partial charge is 0.321 e. The molecule has 4 nitrogen and oxygen atoms in total. The molecule has 88 valence electrons. The molecule has 1 amide bonds. The molecular weight excluding hydrogens is 329 g/mol. The van der Waals surface area contributed by atoms with Crippen molar-refractivity contribution in [2.24, 2.45) is 0 Å². The van der Waals surface area contributed by atoms with E-state index in [2.05, 4.69) is 45.0 Å². The van der Waals surface area contributed by atoms with Crippen LogP contribution in [0.15, 0.2) is 30.5 Å². The van der Waals surface area contributed by atoms with Gasteiger partial charge in [0.05, 0.1) is 9.77 Å². The third-order valence-electron chi connectivity index (χ3n) is 2.44. The van der Waals surface area contributed by atoms with Crippen LogP contribution in [0.25, 0.3) is 0 Å². The van der Waals surface area contributed by atoms with E-state index in [9.17, 15) is 4.79 Å². The summed E-state index contributed by atoms with van der Waals surface area (Å²) < 4.78 is 0.810. The maximum absolute atomic E-state index is 11.9. The molecule has 0 aliphatic rings. The minimum Gasteiger partial charge on any atom is -0.321 e. The van der Waals surface area contributed by atoms with Crippen molar-refractivity contribution in [2.75, 3.05) is 5.32 Å². The first-order chi connectivity index (χ1) is 8.20. The van der Waals surface area contributed by atoms with Crippen LogP contribution in [0.2, 0.25) is 0 Å². The number of nitrogens with zero attached hydrogens (tertiary/aromatic N) is 1. The lowest BCUT2D eigenvalue weighted by molar-refractivity contribution is 0.102. The zero-order valence-corrected chi connectivity index (χ0v) is 11.5. The lowest BCUT2D eigenvalue weighted by Crippen LogP contribution is -2.13. The highest BCUT2D eigenvalue weighted by Gasteiger charge is 2.11. The normalized spacial score (nSPS) is 10.2. The van der Waals surface area contributed by atoms with Crippen molar-refractivity contribution in [3.05, 3.63) is 45.3 Å². The first kappa shape index (κ1) is 12.1. The molecule has 17 heavy (non-hydrogen) atoms. The predicted molar refractivity (Wildman–Crippen MR) is 75.1 cm³/mol. The fourth-order valence-corrected chi connectivity index (χ4v) is 1.95. The lowest BCUT2D eigenvalue weighted by atomic mass is 10.1. The highest BCUT2D eigenvalue weighted by Crippen LogP contribution is 2.13. The minimum absolute atomic E-state index is 0.170. The third-order valence-corrected chi connectivity index (χ3v) is 3.26. The highest BCUT2D eigenvalue weighted by atomic mass is 127. The summed E-state index contributed by atoms with van der Waals surface area (Å²) in [4.78, 5) is 11.9. The Kier molecular flexibility index (Phi) is 3.78. The molecule has 2 aromatic rings. The molecular formula is C12H12IN3O. The lowest BCUT2D eigenvalue weighted by Gasteiger charge is -2.04. The van der Waals surface area contributed by atoms with Gasteiger partial charge >= 0.3 is 0 Å². The molecule has 0 bridgehead atoms. The van der Waals surface area contributed by atoms with Gasteiger partial charge in [-0.05, 0) is 46.7 Å². The second kappa shape index (κ2) is 5.31. The predicted octanol–water partition coefficient (Wildman–Crippen LogP) is 2.83. The quantitative estimate of drug-likeness (QED) is 0.844. The maximum Gasteiger partial charge on any atom is 0.274 e. The fraction of sp³-hybridized carbons (Fsp3) is 0.167. The van der Waals surface area contributed by atoms with Gasteiger partial charge in [0.1, 0.15) is 5.69 Å². The minimum atomic E-state index is -0.170. The fourth-order valence-electron chi connectivity index (χ4n) is 1.45. The van der Waals surface area contributed by atoms with E-state index < -0.39 is 0 Å². The third kappa shape index (κ3) is 2.85. The first-order valence-corrected chi connectivity index (χ1v) is 6.37.